The quantitative estimate of drug-likeness (QED) is 0.722. The van der Waals surface area contributed by atoms with Crippen LogP contribution in [0.1, 0.15) is 26.2 Å². The molecule has 1 rings (SSSR count). The molecule has 0 bridgehead atoms. The van der Waals surface area contributed by atoms with Crippen molar-refractivity contribution in [3.8, 4) is 0 Å². The molecule has 1 saturated carbocycles. The van der Waals surface area contributed by atoms with E-state index >= 15 is 0 Å². The summed E-state index contributed by atoms with van der Waals surface area (Å²) in [7, 11) is 0. The lowest BCUT2D eigenvalue weighted by Gasteiger charge is -2.29. The van der Waals surface area contributed by atoms with Crippen LogP contribution in [0.5, 0.6) is 0 Å². The van der Waals surface area contributed by atoms with Gasteiger partial charge in [-0.3, -0.25) is 14.4 Å². The summed E-state index contributed by atoms with van der Waals surface area (Å²) >= 11 is 10.8. The van der Waals surface area contributed by atoms with Crippen molar-refractivity contribution in [2.45, 2.75) is 26.2 Å². The van der Waals surface area contributed by atoms with E-state index in [9.17, 15) is 14.4 Å². The Labute approximate surface area is 98.1 Å². The topological polar surface area (TPSA) is 51.2 Å². The number of halogens is 2. The summed E-state index contributed by atoms with van der Waals surface area (Å²) in [6.45, 7) is 1.46. The smallest absolute Gasteiger partial charge is 0.224 e. The molecule has 0 amide bonds. The Bertz CT molecular complexity index is 247. The summed E-state index contributed by atoms with van der Waals surface area (Å²) in [6, 6.07) is 0. The molecule has 0 aromatic heterocycles. The van der Waals surface area contributed by atoms with Crippen LogP contribution in [0.2, 0.25) is 0 Å². The molecule has 3 nitrogen and oxygen atoms in total. The van der Waals surface area contributed by atoms with E-state index in [4.69, 9.17) is 23.2 Å². The van der Waals surface area contributed by atoms with Gasteiger partial charge in [0.15, 0.2) is 0 Å². The third-order valence-corrected chi connectivity index (χ3v) is 3.54. The van der Waals surface area contributed by atoms with E-state index in [0.29, 0.717) is 19.3 Å². The average Bonchev–Trinajstić information content (AvgIpc) is 2.16. The van der Waals surface area contributed by atoms with Crippen molar-refractivity contribution in [1.82, 2.24) is 0 Å². The van der Waals surface area contributed by atoms with Crippen LogP contribution in [0.4, 0.5) is 0 Å². The number of hydrogen-bond donors (Lipinski definition) is 0. The first-order valence-corrected chi connectivity index (χ1v) is 5.56. The predicted octanol–water partition coefficient (Wildman–Crippen LogP) is 2.14. The minimum atomic E-state index is -0.483. The Kier molecular flexibility index (Phi) is 4.29. The molecule has 0 radical (unpaired) electrons. The van der Waals surface area contributed by atoms with Gasteiger partial charge in [-0.2, -0.15) is 0 Å². The third kappa shape index (κ3) is 3.28. The van der Waals surface area contributed by atoms with Crippen LogP contribution >= 0.6 is 23.2 Å². The molecule has 0 aliphatic heterocycles. The zero-order valence-electron chi connectivity index (χ0n) is 8.33. The maximum absolute atomic E-state index is 11.2. The number of carbonyl (C=O) groups is 3. The van der Waals surface area contributed by atoms with Gasteiger partial charge in [0.1, 0.15) is 5.78 Å². The summed E-state index contributed by atoms with van der Waals surface area (Å²) in [4.78, 5) is 33.3. The van der Waals surface area contributed by atoms with Crippen molar-refractivity contribution in [3.63, 3.8) is 0 Å². The predicted molar refractivity (Wildman–Crippen MR) is 56.7 cm³/mol. The molecule has 2 atom stereocenters. The fourth-order valence-corrected chi connectivity index (χ4v) is 2.38. The summed E-state index contributed by atoms with van der Waals surface area (Å²) in [5, 5.41) is -0.965. The number of carbonyl (C=O) groups excluding carboxylic acids is 3. The van der Waals surface area contributed by atoms with E-state index in [1.165, 1.54) is 6.92 Å². The van der Waals surface area contributed by atoms with Crippen LogP contribution in [0.3, 0.4) is 0 Å². The molecule has 0 N–H and O–H groups in total. The van der Waals surface area contributed by atoms with Crippen LogP contribution < -0.4 is 0 Å². The first-order valence-electron chi connectivity index (χ1n) is 4.81. The Morgan fingerprint density at radius 2 is 1.20 bits per heavy atom. The average molecular weight is 251 g/mol. The van der Waals surface area contributed by atoms with Gasteiger partial charge in [0.2, 0.25) is 10.5 Å². The highest BCUT2D eigenvalue weighted by Gasteiger charge is 2.36. The fraction of sp³-hybridized carbons (Fsp3) is 0.700. The minimum absolute atomic E-state index is 0.0134. The number of rotatable bonds is 3. The molecule has 5 heteroatoms. The highest BCUT2D eigenvalue weighted by molar-refractivity contribution is 6.65. The van der Waals surface area contributed by atoms with Gasteiger partial charge in [0, 0.05) is 17.8 Å². The van der Waals surface area contributed by atoms with E-state index in [1.54, 1.807) is 0 Å². The first-order chi connectivity index (χ1) is 6.91. The second kappa shape index (κ2) is 5.08. The molecule has 84 valence electrons. The van der Waals surface area contributed by atoms with Gasteiger partial charge < -0.3 is 0 Å². The molecular formula is C10H12Cl2O3. The van der Waals surface area contributed by atoms with Gasteiger partial charge in [0.25, 0.3) is 0 Å². The van der Waals surface area contributed by atoms with Crippen molar-refractivity contribution in [2.24, 2.45) is 17.8 Å². The normalized spacial score (nSPS) is 31.0. The van der Waals surface area contributed by atoms with Crippen molar-refractivity contribution in [2.75, 3.05) is 0 Å². The standard InChI is InChI=1S/C10H12Cl2O3/c1-5(13)6-2-7(9(11)14)4-8(3-6)10(12)15/h6-8H,2-4H2,1H3. The van der Waals surface area contributed by atoms with E-state index < -0.39 is 22.3 Å². The molecule has 0 aromatic rings. The number of ketones is 1. The minimum Gasteiger partial charge on any atom is -0.300 e. The Hall–Kier alpha value is -0.410. The Morgan fingerprint density at radius 3 is 1.47 bits per heavy atom. The zero-order chi connectivity index (χ0) is 11.6. The molecule has 1 fully saturated rings. The summed E-state index contributed by atoms with van der Waals surface area (Å²) in [5.74, 6) is -1.11. The van der Waals surface area contributed by atoms with Crippen LogP contribution in [-0.4, -0.2) is 16.3 Å². The molecule has 15 heavy (non-hydrogen) atoms. The lowest BCUT2D eigenvalue weighted by atomic mass is 9.75. The number of Topliss-reactive ketones (excluding diaryl/α,β-unsaturated/α-hetero) is 1. The van der Waals surface area contributed by atoms with Gasteiger partial charge in [-0.05, 0) is 49.4 Å². The molecule has 0 spiro atoms. The van der Waals surface area contributed by atoms with Gasteiger partial charge in [-0.25, -0.2) is 0 Å². The van der Waals surface area contributed by atoms with Crippen molar-refractivity contribution < 1.29 is 14.4 Å². The molecular weight excluding hydrogens is 239 g/mol. The molecule has 0 aromatic carbocycles. The molecule has 0 saturated heterocycles. The first kappa shape index (κ1) is 12.7. The maximum Gasteiger partial charge on any atom is 0.224 e. The van der Waals surface area contributed by atoms with Crippen molar-refractivity contribution in [1.29, 1.82) is 0 Å². The van der Waals surface area contributed by atoms with Gasteiger partial charge in [-0.15, -0.1) is 0 Å². The van der Waals surface area contributed by atoms with Gasteiger partial charge in [0.05, 0.1) is 0 Å². The fourth-order valence-electron chi connectivity index (χ4n) is 2.02. The second-order valence-electron chi connectivity index (χ2n) is 4.02. The summed E-state index contributed by atoms with van der Waals surface area (Å²) in [6.07, 6.45) is 1.26. The molecule has 0 heterocycles. The van der Waals surface area contributed by atoms with Crippen LogP contribution in [-0.2, 0) is 14.4 Å². The van der Waals surface area contributed by atoms with E-state index in [1.807, 2.05) is 0 Å². The molecule has 1 aliphatic carbocycles. The highest BCUT2D eigenvalue weighted by atomic mass is 35.5. The largest absolute Gasteiger partial charge is 0.300 e. The zero-order valence-corrected chi connectivity index (χ0v) is 9.85. The Balaban J connectivity index is 2.77. The summed E-state index contributed by atoms with van der Waals surface area (Å²) < 4.78 is 0. The van der Waals surface area contributed by atoms with Crippen molar-refractivity contribution >= 4 is 39.5 Å². The number of hydrogen-bond acceptors (Lipinski definition) is 3. The second-order valence-corrected chi connectivity index (χ2v) is 4.76. The highest BCUT2D eigenvalue weighted by Crippen LogP contribution is 2.36. The van der Waals surface area contributed by atoms with Crippen LogP contribution in [0.15, 0.2) is 0 Å². The lowest BCUT2D eigenvalue weighted by molar-refractivity contribution is -0.126. The molecule has 1 aliphatic rings. The van der Waals surface area contributed by atoms with E-state index in [2.05, 4.69) is 0 Å². The maximum atomic E-state index is 11.2. The van der Waals surface area contributed by atoms with Crippen LogP contribution in [0.25, 0.3) is 0 Å². The monoisotopic (exact) mass is 250 g/mol. The summed E-state index contributed by atoms with van der Waals surface area (Å²) in [5.41, 5.74) is 0. The van der Waals surface area contributed by atoms with Crippen LogP contribution in [0, 0.1) is 17.8 Å². The Morgan fingerprint density at radius 1 is 0.867 bits per heavy atom. The lowest BCUT2D eigenvalue weighted by Crippen LogP contribution is -2.31. The van der Waals surface area contributed by atoms with Gasteiger partial charge >= 0.3 is 0 Å². The SMILES string of the molecule is CC(=O)C1CC(C(=O)Cl)CC(C(=O)Cl)C1. The molecule has 2 unspecified atom stereocenters. The van der Waals surface area contributed by atoms with E-state index in [0.717, 1.165) is 0 Å². The van der Waals surface area contributed by atoms with Gasteiger partial charge in [-0.1, -0.05) is 0 Å². The van der Waals surface area contributed by atoms with Crippen molar-refractivity contribution in [3.05, 3.63) is 0 Å². The third-order valence-electron chi connectivity index (χ3n) is 2.92. The van der Waals surface area contributed by atoms with E-state index in [-0.39, 0.29) is 11.7 Å².